The van der Waals surface area contributed by atoms with Gasteiger partial charge in [-0.1, -0.05) is 6.07 Å². The number of carboxylic acid groups (broad SMARTS) is 2. The first-order valence-corrected chi connectivity index (χ1v) is 11.4. The van der Waals surface area contributed by atoms with E-state index in [1.165, 1.54) is 13.2 Å². The maximum atomic E-state index is 13.9. The van der Waals surface area contributed by atoms with Crippen LogP contribution in [0.25, 0.3) is 0 Å². The molecule has 0 radical (unpaired) electrons. The third kappa shape index (κ3) is 6.77. The molecule has 1 aromatic carbocycles. The number of benzene rings is 1. The maximum absolute atomic E-state index is 13.9. The molecule has 0 aliphatic carbocycles. The number of likely N-dealkylation sites (tertiary alicyclic amines) is 2. The Morgan fingerprint density at radius 2 is 1.69 bits per heavy atom. The average Bonchev–Trinajstić information content (AvgIpc) is 3.14. The van der Waals surface area contributed by atoms with Crippen LogP contribution in [0, 0.1) is 11.2 Å². The summed E-state index contributed by atoms with van der Waals surface area (Å²) in [5.41, 5.74) is 1.67. The summed E-state index contributed by atoms with van der Waals surface area (Å²) in [5, 5.41) is 14.8. The van der Waals surface area contributed by atoms with E-state index >= 15 is 0 Å². The molecule has 0 bridgehead atoms. The van der Waals surface area contributed by atoms with Crippen LogP contribution in [0.2, 0.25) is 0 Å². The van der Waals surface area contributed by atoms with Crippen LogP contribution >= 0.6 is 0 Å². The number of aromatic nitrogens is 1. The van der Waals surface area contributed by atoms with E-state index in [0.717, 1.165) is 24.9 Å². The highest BCUT2D eigenvalue weighted by Crippen LogP contribution is 2.41. The molecule has 2 amide bonds. The summed E-state index contributed by atoms with van der Waals surface area (Å²) in [7, 11) is 1.42. The number of carbonyl (C=O) groups excluding carboxylic acids is 2. The second kappa shape index (κ2) is 11.6. The zero-order valence-electron chi connectivity index (χ0n) is 19.9. The largest absolute Gasteiger partial charge is 0.494 e. The molecule has 2 saturated heterocycles. The van der Waals surface area contributed by atoms with Gasteiger partial charge in [0.2, 0.25) is 11.8 Å². The zero-order valence-corrected chi connectivity index (χ0v) is 19.9. The Balaban J connectivity index is 0.000000538. The van der Waals surface area contributed by atoms with Gasteiger partial charge in [-0.25, -0.2) is 14.0 Å². The summed E-state index contributed by atoms with van der Waals surface area (Å²) in [4.78, 5) is 51.3. The molecule has 2 aliphatic heterocycles. The first-order chi connectivity index (χ1) is 17.1. The van der Waals surface area contributed by atoms with Gasteiger partial charge in [0.1, 0.15) is 0 Å². The monoisotopic (exact) mass is 501 g/mol. The van der Waals surface area contributed by atoms with Gasteiger partial charge in [0.15, 0.2) is 11.6 Å². The number of hydrogen-bond acceptors (Lipinski definition) is 6. The molecular formula is C25H28FN3O7. The SMILES string of the molecule is COc1ccc(CC(=O)N2CCC3(CC2)CC(=O)N(Cc2ccncc2)C3)cc1F.O=C(O)C(=O)O. The summed E-state index contributed by atoms with van der Waals surface area (Å²) in [6, 6.07) is 8.49. The molecule has 10 nitrogen and oxygen atoms in total. The van der Waals surface area contributed by atoms with Crippen molar-refractivity contribution in [2.24, 2.45) is 5.41 Å². The van der Waals surface area contributed by atoms with Crippen LogP contribution in [0.1, 0.15) is 30.4 Å². The molecule has 2 aromatic rings. The lowest BCUT2D eigenvalue weighted by Gasteiger charge is -2.39. The fourth-order valence-corrected chi connectivity index (χ4v) is 4.51. The first kappa shape index (κ1) is 26.6. The molecule has 2 fully saturated rings. The predicted molar refractivity (Wildman–Crippen MR) is 124 cm³/mol. The van der Waals surface area contributed by atoms with Gasteiger partial charge in [-0.2, -0.15) is 0 Å². The standard InChI is InChI=1S/C23H26FN3O3.C2H2O4/c1-30-20-3-2-18(12-19(20)24)13-21(28)26-10-6-23(7-11-26)14-22(29)27(16-23)15-17-4-8-25-9-5-17;3-1(4)2(5)6/h2-5,8-9,12H,6-7,10-11,13-16H2,1H3;(H,3,4)(H,5,6). The van der Waals surface area contributed by atoms with Crippen molar-refractivity contribution in [1.29, 1.82) is 0 Å². The van der Waals surface area contributed by atoms with Crippen molar-refractivity contribution in [2.75, 3.05) is 26.7 Å². The average molecular weight is 502 g/mol. The molecule has 4 rings (SSSR count). The summed E-state index contributed by atoms with van der Waals surface area (Å²) in [6.45, 7) is 2.61. The van der Waals surface area contributed by atoms with Crippen LogP contribution in [-0.4, -0.2) is 75.5 Å². The fraction of sp³-hybridized carbons (Fsp3) is 0.400. The van der Waals surface area contributed by atoms with E-state index in [4.69, 9.17) is 24.5 Å². The molecule has 0 unspecified atom stereocenters. The van der Waals surface area contributed by atoms with Gasteiger partial charge in [0.25, 0.3) is 0 Å². The quantitative estimate of drug-likeness (QED) is 0.594. The van der Waals surface area contributed by atoms with Crippen molar-refractivity contribution < 1.29 is 38.5 Å². The number of piperidine rings is 1. The lowest BCUT2D eigenvalue weighted by molar-refractivity contribution is -0.159. The van der Waals surface area contributed by atoms with Crippen molar-refractivity contribution >= 4 is 23.8 Å². The third-order valence-electron chi connectivity index (χ3n) is 6.46. The number of aliphatic carboxylic acids is 2. The summed E-state index contributed by atoms with van der Waals surface area (Å²) >= 11 is 0. The zero-order chi connectivity index (χ0) is 26.3. The summed E-state index contributed by atoms with van der Waals surface area (Å²) < 4.78 is 18.8. The molecule has 1 spiro atoms. The van der Waals surface area contributed by atoms with Crippen molar-refractivity contribution in [2.45, 2.75) is 32.2 Å². The number of amides is 2. The second-order valence-electron chi connectivity index (χ2n) is 8.92. The normalized spacial score (nSPS) is 16.3. The Morgan fingerprint density at radius 1 is 1.06 bits per heavy atom. The molecule has 192 valence electrons. The Hall–Kier alpha value is -4.02. The van der Waals surface area contributed by atoms with Gasteiger partial charge in [-0.05, 0) is 48.2 Å². The molecular weight excluding hydrogens is 473 g/mol. The fourth-order valence-electron chi connectivity index (χ4n) is 4.51. The number of methoxy groups -OCH3 is 1. The molecule has 2 aliphatic rings. The molecule has 0 saturated carbocycles. The maximum Gasteiger partial charge on any atom is 0.414 e. The number of carboxylic acids is 2. The van der Waals surface area contributed by atoms with E-state index in [0.29, 0.717) is 31.6 Å². The highest BCUT2D eigenvalue weighted by molar-refractivity contribution is 6.27. The highest BCUT2D eigenvalue weighted by atomic mass is 19.1. The van der Waals surface area contributed by atoms with Crippen molar-refractivity contribution in [3.8, 4) is 5.75 Å². The Morgan fingerprint density at radius 3 is 2.25 bits per heavy atom. The summed E-state index contributed by atoms with van der Waals surface area (Å²) in [5.74, 6) is -3.76. The van der Waals surface area contributed by atoms with Gasteiger partial charge in [0.05, 0.1) is 13.5 Å². The second-order valence-corrected chi connectivity index (χ2v) is 8.92. The Bertz CT molecular complexity index is 1110. The Kier molecular flexibility index (Phi) is 8.57. The number of rotatable bonds is 5. The van der Waals surface area contributed by atoms with Crippen LogP contribution in [0.3, 0.4) is 0 Å². The minimum atomic E-state index is -1.82. The number of carbonyl (C=O) groups is 4. The number of ether oxygens (including phenoxy) is 1. The smallest absolute Gasteiger partial charge is 0.414 e. The van der Waals surface area contributed by atoms with Crippen LogP contribution in [0.15, 0.2) is 42.7 Å². The lowest BCUT2D eigenvalue weighted by atomic mass is 9.77. The highest BCUT2D eigenvalue weighted by Gasteiger charge is 2.45. The van der Waals surface area contributed by atoms with Crippen LogP contribution < -0.4 is 4.74 Å². The first-order valence-electron chi connectivity index (χ1n) is 11.4. The Labute approximate surface area is 207 Å². The van der Waals surface area contributed by atoms with E-state index in [1.807, 2.05) is 21.9 Å². The molecule has 2 N–H and O–H groups in total. The van der Waals surface area contributed by atoms with Crippen molar-refractivity contribution in [3.05, 3.63) is 59.7 Å². The molecule has 1 aromatic heterocycles. The molecule has 11 heteroatoms. The minimum absolute atomic E-state index is 0.00705. The van der Waals surface area contributed by atoms with E-state index < -0.39 is 17.8 Å². The number of nitrogens with zero attached hydrogens (tertiary/aromatic N) is 3. The number of pyridine rings is 1. The van der Waals surface area contributed by atoms with E-state index in [9.17, 15) is 14.0 Å². The van der Waals surface area contributed by atoms with Gasteiger partial charge >= 0.3 is 11.9 Å². The summed E-state index contributed by atoms with van der Waals surface area (Å²) in [6.07, 6.45) is 5.82. The van der Waals surface area contributed by atoms with Gasteiger partial charge in [-0.15, -0.1) is 0 Å². The van der Waals surface area contributed by atoms with Gasteiger partial charge in [-0.3, -0.25) is 14.6 Å². The molecule has 36 heavy (non-hydrogen) atoms. The number of hydrogen-bond donors (Lipinski definition) is 2. The predicted octanol–water partition coefficient (Wildman–Crippen LogP) is 1.97. The van der Waals surface area contributed by atoms with Crippen molar-refractivity contribution in [1.82, 2.24) is 14.8 Å². The topological polar surface area (TPSA) is 137 Å². The van der Waals surface area contributed by atoms with Crippen molar-refractivity contribution in [3.63, 3.8) is 0 Å². The van der Waals surface area contributed by atoms with Crippen LogP contribution in [-0.2, 0) is 32.1 Å². The van der Waals surface area contributed by atoms with E-state index in [2.05, 4.69) is 4.98 Å². The molecule has 3 heterocycles. The van der Waals surface area contributed by atoms with Crippen LogP contribution in [0.4, 0.5) is 4.39 Å². The van der Waals surface area contributed by atoms with E-state index in [-0.39, 0.29) is 29.4 Å². The lowest BCUT2D eigenvalue weighted by Crippen LogP contribution is -2.44. The third-order valence-corrected chi connectivity index (χ3v) is 6.46. The number of halogens is 1. The minimum Gasteiger partial charge on any atom is -0.494 e. The van der Waals surface area contributed by atoms with Gasteiger partial charge < -0.3 is 24.7 Å². The van der Waals surface area contributed by atoms with Gasteiger partial charge in [0, 0.05) is 50.4 Å². The van der Waals surface area contributed by atoms with Crippen LogP contribution in [0.5, 0.6) is 5.75 Å². The van der Waals surface area contributed by atoms with E-state index in [1.54, 1.807) is 24.5 Å². The molecule has 0 atom stereocenters.